The van der Waals surface area contributed by atoms with Crippen molar-refractivity contribution in [2.75, 3.05) is 13.1 Å². The fourth-order valence-corrected chi connectivity index (χ4v) is 3.55. The fourth-order valence-electron chi connectivity index (χ4n) is 3.55. The molecule has 21 heavy (non-hydrogen) atoms. The molecule has 114 valence electrons. The number of carbonyl (C=O) groups is 1. The van der Waals surface area contributed by atoms with Gasteiger partial charge in [0, 0.05) is 13.0 Å². The van der Waals surface area contributed by atoms with Gasteiger partial charge in [0.1, 0.15) is 17.9 Å². The number of hydrogen-bond donors (Lipinski definition) is 1. The molecule has 0 radical (unpaired) electrons. The van der Waals surface area contributed by atoms with Gasteiger partial charge < -0.3 is 9.84 Å². The van der Waals surface area contributed by atoms with Crippen LogP contribution in [0.15, 0.2) is 24.3 Å². The Hall–Kier alpha value is -1.55. The van der Waals surface area contributed by atoms with Crippen molar-refractivity contribution >= 4 is 5.97 Å². The van der Waals surface area contributed by atoms with E-state index in [2.05, 4.69) is 17.9 Å². The molecular weight excluding hydrogens is 266 g/mol. The van der Waals surface area contributed by atoms with Crippen LogP contribution < -0.4 is 4.74 Å². The van der Waals surface area contributed by atoms with Crippen LogP contribution in [-0.2, 0) is 11.2 Å². The Morgan fingerprint density at radius 1 is 1.43 bits per heavy atom. The number of nitrogens with zero attached hydrogens (tertiary/aromatic N) is 1. The van der Waals surface area contributed by atoms with E-state index >= 15 is 0 Å². The fraction of sp³-hybridized carbons (Fsp3) is 0.588. The van der Waals surface area contributed by atoms with Gasteiger partial charge in [-0.3, -0.25) is 9.69 Å². The molecule has 1 fully saturated rings. The van der Waals surface area contributed by atoms with Crippen molar-refractivity contribution in [3.8, 4) is 5.75 Å². The molecule has 1 saturated heterocycles. The second kappa shape index (κ2) is 6.06. The lowest BCUT2D eigenvalue weighted by Crippen LogP contribution is -2.50. The van der Waals surface area contributed by atoms with Crippen LogP contribution in [0.1, 0.15) is 31.7 Å². The summed E-state index contributed by atoms with van der Waals surface area (Å²) < 4.78 is 5.96. The van der Waals surface area contributed by atoms with E-state index in [1.54, 1.807) is 0 Å². The summed E-state index contributed by atoms with van der Waals surface area (Å²) in [5.74, 6) is 0.811. The number of ether oxygens (including phenoxy) is 1. The zero-order chi connectivity index (χ0) is 14.8. The first-order valence-corrected chi connectivity index (χ1v) is 7.88. The van der Waals surface area contributed by atoms with E-state index in [9.17, 15) is 9.90 Å². The minimum Gasteiger partial charge on any atom is -0.488 e. The molecule has 3 rings (SSSR count). The summed E-state index contributed by atoms with van der Waals surface area (Å²) in [6.07, 6.45) is 3.91. The number of para-hydroxylation sites is 1. The molecule has 0 amide bonds. The Balaban J connectivity index is 1.63. The lowest BCUT2D eigenvalue weighted by atomic mass is 9.88. The van der Waals surface area contributed by atoms with Gasteiger partial charge in [-0.05, 0) is 36.9 Å². The first-order valence-electron chi connectivity index (χ1n) is 7.88. The van der Waals surface area contributed by atoms with Crippen LogP contribution in [0.25, 0.3) is 0 Å². The highest BCUT2D eigenvalue weighted by molar-refractivity contribution is 5.73. The standard InChI is InChI=1S/C17H23NO3/c1-2-12-7-8-18(15(9-12)17(19)20)11-14-10-13-5-3-4-6-16(13)21-14/h3-6,12,14-15H,2,7-11H2,1H3,(H,19,20). The van der Waals surface area contributed by atoms with Crippen LogP contribution in [0.3, 0.4) is 0 Å². The van der Waals surface area contributed by atoms with Crippen LogP contribution in [0.4, 0.5) is 0 Å². The van der Waals surface area contributed by atoms with Gasteiger partial charge in [-0.15, -0.1) is 0 Å². The van der Waals surface area contributed by atoms with Gasteiger partial charge in [0.2, 0.25) is 0 Å². The van der Waals surface area contributed by atoms with Gasteiger partial charge in [0.25, 0.3) is 0 Å². The van der Waals surface area contributed by atoms with Crippen LogP contribution in [0.5, 0.6) is 5.75 Å². The third-order valence-electron chi connectivity index (χ3n) is 4.84. The molecule has 0 aliphatic carbocycles. The van der Waals surface area contributed by atoms with E-state index in [0.29, 0.717) is 12.5 Å². The molecule has 3 atom stereocenters. The maximum atomic E-state index is 11.5. The van der Waals surface area contributed by atoms with Crippen LogP contribution in [-0.4, -0.2) is 41.2 Å². The van der Waals surface area contributed by atoms with Gasteiger partial charge in [0.05, 0.1) is 0 Å². The largest absolute Gasteiger partial charge is 0.488 e. The number of hydrogen-bond acceptors (Lipinski definition) is 3. The Bertz CT molecular complexity index is 492. The van der Waals surface area contributed by atoms with E-state index in [1.165, 1.54) is 5.56 Å². The summed E-state index contributed by atoms with van der Waals surface area (Å²) in [6.45, 7) is 3.73. The molecule has 2 aliphatic rings. The third kappa shape index (κ3) is 3.05. The highest BCUT2D eigenvalue weighted by Gasteiger charge is 2.35. The monoisotopic (exact) mass is 289 g/mol. The maximum Gasteiger partial charge on any atom is 0.320 e. The molecule has 1 N–H and O–H groups in total. The molecule has 2 aliphatic heterocycles. The molecule has 1 aromatic rings. The molecule has 0 saturated carbocycles. The number of aliphatic carboxylic acids is 1. The Kier molecular flexibility index (Phi) is 4.15. The van der Waals surface area contributed by atoms with Crippen molar-refractivity contribution in [1.82, 2.24) is 4.90 Å². The number of rotatable bonds is 4. The third-order valence-corrected chi connectivity index (χ3v) is 4.84. The second-order valence-electron chi connectivity index (χ2n) is 6.20. The van der Waals surface area contributed by atoms with Gasteiger partial charge in [-0.2, -0.15) is 0 Å². The molecule has 1 aromatic carbocycles. The summed E-state index contributed by atoms with van der Waals surface area (Å²) in [4.78, 5) is 13.6. The van der Waals surface area contributed by atoms with Crippen molar-refractivity contribution < 1.29 is 14.6 Å². The first kappa shape index (κ1) is 14.4. The number of carboxylic acid groups (broad SMARTS) is 1. The van der Waals surface area contributed by atoms with Crippen molar-refractivity contribution in [2.24, 2.45) is 5.92 Å². The average Bonchev–Trinajstić information content (AvgIpc) is 2.89. The SMILES string of the molecule is CCC1CCN(CC2Cc3ccccc3O2)C(C(=O)O)C1. The van der Waals surface area contributed by atoms with Crippen molar-refractivity contribution in [3.63, 3.8) is 0 Å². The van der Waals surface area contributed by atoms with E-state index in [4.69, 9.17) is 4.74 Å². The molecule has 0 aromatic heterocycles. The Labute approximate surface area is 125 Å². The zero-order valence-corrected chi connectivity index (χ0v) is 12.5. The van der Waals surface area contributed by atoms with Crippen molar-refractivity contribution in [1.29, 1.82) is 0 Å². The minimum atomic E-state index is -0.691. The van der Waals surface area contributed by atoms with E-state index in [-0.39, 0.29) is 12.1 Å². The van der Waals surface area contributed by atoms with E-state index in [1.807, 2.05) is 18.2 Å². The second-order valence-corrected chi connectivity index (χ2v) is 6.20. The number of fused-ring (bicyclic) bond motifs is 1. The van der Waals surface area contributed by atoms with Crippen LogP contribution in [0.2, 0.25) is 0 Å². The minimum absolute atomic E-state index is 0.0856. The highest BCUT2D eigenvalue weighted by Crippen LogP contribution is 2.31. The van der Waals surface area contributed by atoms with Gasteiger partial charge in [-0.25, -0.2) is 0 Å². The molecule has 0 spiro atoms. The van der Waals surface area contributed by atoms with Crippen molar-refractivity contribution in [2.45, 2.75) is 44.8 Å². The molecular formula is C17H23NO3. The van der Waals surface area contributed by atoms with Gasteiger partial charge in [0.15, 0.2) is 0 Å². The molecule has 4 heteroatoms. The predicted octanol–water partition coefficient (Wildman–Crippen LogP) is 2.57. The normalized spacial score (nSPS) is 28.9. The first-order chi connectivity index (χ1) is 10.2. The molecule has 4 nitrogen and oxygen atoms in total. The van der Waals surface area contributed by atoms with Crippen molar-refractivity contribution in [3.05, 3.63) is 29.8 Å². The summed E-state index contributed by atoms with van der Waals surface area (Å²) in [5.41, 5.74) is 1.23. The van der Waals surface area contributed by atoms with E-state index in [0.717, 1.165) is 38.0 Å². The topological polar surface area (TPSA) is 49.8 Å². The molecule has 3 unspecified atom stereocenters. The average molecular weight is 289 g/mol. The number of carboxylic acids is 1. The molecule has 0 bridgehead atoms. The highest BCUT2D eigenvalue weighted by atomic mass is 16.5. The van der Waals surface area contributed by atoms with E-state index < -0.39 is 5.97 Å². The molecule has 2 heterocycles. The van der Waals surface area contributed by atoms with Gasteiger partial charge >= 0.3 is 5.97 Å². The number of piperidine rings is 1. The van der Waals surface area contributed by atoms with Crippen LogP contribution in [0, 0.1) is 5.92 Å². The lowest BCUT2D eigenvalue weighted by molar-refractivity contribution is -0.146. The number of likely N-dealkylation sites (tertiary alicyclic amines) is 1. The quantitative estimate of drug-likeness (QED) is 0.925. The summed E-state index contributed by atoms with van der Waals surface area (Å²) in [7, 11) is 0. The maximum absolute atomic E-state index is 11.5. The zero-order valence-electron chi connectivity index (χ0n) is 12.5. The Morgan fingerprint density at radius 3 is 2.95 bits per heavy atom. The Morgan fingerprint density at radius 2 is 2.24 bits per heavy atom. The van der Waals surface area contributed by atoms with Crippen LogP contribution >= 0.6 is 0 Å². The smallest absolute Gasteiger partial charge is 0.320 e. The summed E-state index contributed by atoms with van der Waals surface area (Å²) in [5, 5.41) is 9.49. The number of benzene rings is 1. The predicted molar refractivity (Wildman–Crippen MR) is 80.6 cm³/mol. The lowest BCUT2D eigenvalue weighted by Gasteiger charge is -2.37. The summed E-state index contributed by atoms with van der Waals surface area (Å²) in [6, 6.07) is 7.74. The summed E-state index contributed by atoms with van der Waals surface area (Å²) >= 11 is 0. The van der Waals surface area contributed by atoms with Gasteiger partial charge in [-0.1, -0.05) is 31.5 Å².